The summed E-state index contributed by atoms with van der Waals surface area (Å²) in [6, 6.07) is 4.41. The van der Waals surface area contributed by atoms with Crippen LogP contribution in [0.5, 0.6) is 0 Å². The third kappa shape index (κ3) is 5.16. The number of rotatable bonds is 7. The number of carbonyl (C=O) groups excluding carboxylic acids is 1. The van der Waals surface area contributed by atoms with Crippen molar-refractivity contribution in [2.24, 2.45) is 0 Å². The quantitative estimate of drug-likeness (QED) is 0.812. The zero-order valence-electron chi connectivity index (χ0n) is 14.4. The van der Waals surface area contributed by atoms with Gasteiger partial charge >= 0.3 is 0 Å². The highest BCUT2D eigenvalue weighted by atomic mass is 35.5. The number of hydrogen-bond acceptors (Lipinski definition) is 3. The number of carbonyl (C=O) groups is 1. The summed E-state index contributed by atoms with van der Waals surface area (Å²) in [5.74, 6) is -0.343. The van der Waals surface area contributed by atoms with Gasteiger partial charge in [0.05, 0.1) is 18.8 Å². The molecule has 0 radical (unpaired) electrons. The maximum atomic E-state index is 14.4. The highest BCUT2D eigenvalue weighted by Gasteiger charge is 2.29. The lowest BCUT2D eigenvalue weighted by molar-refractivity contribution is -0.121. The Morgan fingerprint density at radius 2 is 2.33 bits per heavy atom. The molecule has 24 heavy (non-hydrogen) atoms. The van der Waals surface area contributed by atoms with E-state index in [0.29, 0.717) is 43.2 Å². The van der Waals surface area contributed by atoms with Crippen molar-refractivity contribution in [1.82, 2.24) is 10.2 Å². The van der Waals surface area contributed by atoms with Crippen LogP contribution in [0.1, 0.15) is 44.7 Å². The minimum absolute atomic E-state index is 0.00406. The van der Waals surface area contributed by atoms with Gasteiger partial charge in [-0.1, -0.05) is 31.0 Å². The van der Waals surface area contributed by atoms with Crippen LogP contribution in [0.15, 0.2) is 18.2 Å². The number of nitrogens with zero attached hydrogens (tertiary/aromatic N) is 1. The van der Waals surface area contributed by atoms with Gasteiger partial charge in [-0.05, 0) is 25.5 Å². The number of morpholine rings is 1. The smallest absolute Gasteiger partial charge is 0.220 e. The van der Waals surface area contributed by atoms with Gasteiger partial charge in [0.1, 0.15) is 5.82 Å². The largest absolute Gasteiger partial charge is 0.376 e. The molecule has 1 fully saturated rings. The van der Waals surface area contributed by atoms with Crippen LogP contribution < -0.4 is 5.32 Å². The van der Waals surface area contributed by atoms with Gasteiger partial charge in [-0.25, -0.2) is 4.39 Å². The lowest BCUT2D eigenvalue weighted by atomic mass is 10.0. The molecule has 0 aromatic heterocycles. The van der Waals surface area contributed by atoms with Crippen molar-refractivity contribution < 1.29 is 13.9 Å². The van der Waals surface area contributed by atoms with E-state index in [1.807, 2.05) is 13.8 Å². The number of unbranched alkanes of at least 4 members (excludes halogenated alkanes) is 1. The van der Waals surface area contributed by atoms with E-state index in [1.54, 1.807) is 12.1 Å². The van der Waals surface area contributed by atoms with E-state index < -0.39 is 0 Å². The molecule has 1 amide bonds. The number of nitrogens with one attached hydrogen (secondary N) is 1. The van der Waals surface area contributed by atoms with E-state index in [1.165, 1.54) is 6.07 Å². The van der Waals surface area contributed by atoms with E-state index in [0.717, 1.165) is 12.8 Å². The first-order valence-electron chi connectivity index (χ1n) is 8.59. The minimum Gasteiger partial charge on any atom is -0.376 e. The monoisotopic (exact) mass is 356 g/mol. The maximum Gasteiger partial charge on any atom is 0.220 e. The molecule has 134 valence electrons. The molecule has 1 N–H and O–H groups in total. The van der Waals surface area contributed by atoms with Crippen molar-refractivity contribution in [3.63, 3.8) is 0 Å². The molecule has 6 heteroatoms. The number of benzene rings is 1. The van der Waals surface area contributed by atoms with Crippen molar-refractivity contribution in [2.45, 2.75) is 45.3 Å². The summed E-state index contributed by atoms with van der Waals surface area (Å²) in [4.78, 5) is 14.1. The molecule has 1 saturated heterocycles. The van der Waals surface area contributed by atoms with E-state index in [9.17, 15) is 9.18 Å². The minimum atomic E-state index is -0.338. The highest BCUT2D eigenvalue weighted by molar-refractivity contribution is 6.31. The van der Waals surface area contributed by atoms with Crippen LogP contribution in [-0.2, 0) is 9.53 Å². The Morgan fingerprint density at radius 3 is 3.00 bits per heavy atom. The van der Waals surface area contributed by atoms with Gasteiger partial charge in [-0.15, -0.1) is 0 Å². The molecule has 1 aromatic rings. The van der Waals surface area contributed by atoms with E-state index in [4.69, 9.17) is 16.3 Å². The molecule has 2 atom stereocenters. The second-order valence-electron chi connectivity index (χ2n) is 6.24. The Kier molecular flexibility index (Phi) is 7.46. The number of ether oxygens (including phenoxy) is 1. The third-order valence-corrected chi connectivity index (χ3v) is 4.63. The van der Waals surface area contributed by atoms with Gasteiger partial charge in [0.2, 0.25) is 5.91 Å². The van der Waals surface area contributed by atoms with Crippen LogP contribution in [0.2, 0.25) is 5.02 Å². The van der Waals surface area contributed by atoms with Crippen molar-refractivity contribution in [2.75, 3.05) is 26.2 Å². The third-order valence-electron chi connectivity index (χ3n) is 4.30. The van der Waals surface area contributed by atoms with Crippen molar-refractivity contribution in [3.05, 3.63) is 34.6 Å². The average Bonchev–Trinajstić information content (AvgIpc) is 2.55. The fraction of sp³-hybridized carbons (Fsp3) is 0.611. The molecular formula is C18H26ClFN2O2. The Hall–Kier alpha value is -1.17. The number of halogens is 2. The molecule has 0 bridgehead atoms. The van der Waals surface area contributed by atoms with Crippen LogP contribution in [0.4, 0.5) is 4.39 Å². The summed E-state index contributed by atoms with van der Waals surface area (Å²) >= 11 is 6.27. The lowest BCUT2D eigenvalue weighted by Crippen LogP contribution is -2.46. The van der Waals surface area contributed by atoms with Gasteiger partial charge in [0.25, 0.3) is 0 Å². The molecule has 0 aliphatic carbocycles. The van der Waals surface area contributed by atoms with E-state index in [2.05, 4.69) is 10.2 Å². The highest BCUT2D eigenvalue weighted by Crippen LogP contribution is 2.31. The van der Waals surface area contributed by atoms with Crippen LogP contribution >= 0.6 is 11.6 Å². The second kappa shape index (κ2) is 9.35. The zero-order chi connectivity index (χ0) is 17.5. The summed E-state index contributed by atoms with van der Waals surface area (Å²) in [5.41, 5.74) is 0.448. The summed E-state index contributed by atoms with van der Waals surface area (Å²) in [5, 5.41) is 3.33. The van der Waals surface area contributed by atoms with Gasteiger partial charge in [0, 0.05) is 36.6 Å². The molecule has 0 unspecified atom stereocenters. The molecule has 4 nitrogen and oxygen atoms in total. The predicted molar refractivity (Wildman–Crippen MR) is 93.7 cm³/mol. The van der Waals surface area contributed by atoms with Crippen LogP contribution in [0.25, 0.3) is 0 Å². The molecule has 1 aliphatic rings. The number of amides is 1. The predicted octanol–water partition coefficient (Wildman–Crippen LogP) is 3.55. The van der Waals surface area contributed by atoms with E-state index in [-0.39, 0.29) is 23.9 Å². The fourth-order valence-electron chi connectivity index (χ4n) is 3.01. The standard InChI is InChI=1S/C18H26ClFN2O2/c1-3-4-8-17(23)21-11-16(22-9-10-24-13(2)12-22)18-14(19)6-5-7-15(18)20/h5-7,13,16H,3-4,8-12H2,1-2H3,(H,21,23)/t13-,16+/m0/s1. The van der Waals surface area contributed by atoms with Gasteiger partial charge in [0.15, 0.2) is 0 Å². The van der Waals surface area contributed by atoms with Crippen molar-refractivity contribution in [1.29, 1.82) is 0 Å². The molecule has 0 saturated carbocycles. The SMILES string of the molecule is CCCCC(=O)NC[C@H](c1c(F)cccc1Cl)N1CCO[C@@H](C)C1. The molecule has 1 aromatic carbocycles. The average molecular weight is 357 g/mol. The molecule has 0 spiro atoms. The first-order valence-corrected chi connectivity index (χ1v) is 8.97. The lowest BCUT2D eigenvalue weighted by Gasteiger charge is -2.38. The normalized spacial score (nSPS) is 19.9. The Balaban J connectivity index is 2.16. The summed E-state index contributed by atoms with van der Waals surface area (Å²) in [7, 11) is 0. The van der Waals surface area contributed by atoms with Crippen LogP contribution in [-0.4, -0.2) is 43.2 Å². The second-order valence-corrected chi connectivity index (χ2v) is 6.64. The summed E-state index contributed by atoms with van der Waals surface area (Å²) < 4.78 is 20.0. The Morgan fingerprint density at radius 1 is 1.54 bits per heavy atom. The van der Waals surface area contributed by atoms with E-state index >= 15 is 0 Å². The Bertz CT molecular complexity index is 536. The molecule has 1 heterocycles. The van der Waals surface area contributed by atoms with Crippen LogP contribution in [0, 0.1) is 5.82 Å². The first kappa shape index (κ1) is 19.2. The number of hydrogen-bond donors (Lipinski definition) is 1. The topological polar surface area (TPSA) is 41.6 Å². The van der Waals surface area contributed by atoms with Gasteiger partial charge in [-0.2, -0.15) is 0 Å². The summed E-state index contributed by atoms with van der Waals surface area (Å²) in [6.07, 6.45) is 2.39. The van der Waals surface area contributed by atoms with Gasteiger partial charge < -0.3 is 10.1 Å². The molecule has 1 aliphatic heterocycles. The van der Waals surface area contributed by atoms with Crippen molar-refractivity contribution in [3.8, 4) is 0 Å². The zero-order valence-corrected chi connectivity index (χ0v) is 15.1. The first-order chi connectivity index (χ1) is 11.5. The van der Waals surface area contributed by atoms with Crippen molar-refractivity contribution >= 4 is 17.5 Å². The van der Waals surface area contributed by atoms with Gasteiger partial charge in [-0.3, -0.25) is 9.69 Å². The maximum absolute atomic E-state index is 14.4. The summed E-state index contributed by atoms with van der Waals surface area (Å²) in [6.45, 7) is 6.34. The Labute approximate surface area is 148 Å². The molecular weight excluding hydrogens is 331 g/mol. The fourth-order valence-corrected chi connectivity index (χ4v) is 3.30. The molecule has 2 rings (SSSR count). The van der Waals surface area contributed by atoms with Crippen LogP contribution in [0.3, 0.4) is 0 Å².